The largest absolute Gasteiger partial charge is 0.462 e. The van der Waals surface area contributed by atoms with E-state index in [1.165, 1.54) is 25.7 Å². The summed E-state index contributed by atoms with van der Waals surface area (Å²) in [7, 11) is 0. The van der Waals surface area contributed by atoms with Crippen molar-refractivity contribution in [3.05, 3.63) is 0 Å². The van der Waals surface area contributed by atoms with Crippen LogP contribution in [0.2, 0.25) is 0 Å². The van der Waals surface area contributed by atoms with Crippen LogP contribution in [0.5, 0.6) is 0 Å². The van der Waals surface area contributed by atoms with E-state index < -0.39 is 0 Å². The van der Waals surface area contributed by atoms with Crippen molar-refractivity contribution < 1.29 is 9.53 Å². The fourth-order valence-corrected chi connectivity index (χ4v) is 3.50. The molecule has 3 heteroatoms. The number of nitrogens with one attached hydrogen (secondary N) is 1. The van der Waals surface area contributed by atoms with E-state index >= 15 is 0 Å². The molecule has 4 unspecified atom stereocenters. The molecule has 0 amide bonds. The third-order valence-corrected chi connectivity index (χ3v) is 4.27. The van der Waals surface area contributed by atoms with Gasteiger partial charge in [-0.3, -0.25) is 4.79 Å². The minimum atomic E-state index is -0.0484. The lowest BCUT2D eigenvalue weighted by Crippen LogP contribution is -2.39. The van der Waals surface area contributed by atoms with Gasteiger partial charge in [0.1, 0.15) is 6.04 Å². The molecule has 0 bridgehead atoms. The molecule has 0 aromatic carbocycles. The van der Waals surface area contributed by atoms with E-state index in [2.05, 4.69) is 19.2 Å². The van der Waals surface area contributed by atoms with Crippen LogP contribution in [0.4, 0.5) is 0 Å². The Balaban J connectivity index is 1.79. The molecule has 0 aromatic rings. The Labute approximate surface area is 111 Å². The Hall–Kier alpha value is -0.570. The number of esters is 1. The summed E-state index contributed by atoms with van der Waals surface area (Å²) in [5.74, 6) is 1.25. The van der Waals surface area contributed by atoms with Gasteiger partial charge in [0.05, 0.1) is 6.10 Å². The van der Waals surface area contributed by atoms with Gasteiger partial charge < -0.3 is 10.1 Å². The predicted octanol–water partition coefficient (Wildman–Crippen LogP) is 2.88. The van der Waals surface area contributed by atoms with Crippen LogP contribution in [0.1, 0.15) is 59.3 Å². The summed E-state index contributed by atoms with van der Waals surface area (Å²) in [5, 5.41) is 3.48. The number of rotatable bonds is 4. The molecule has 1 saturated carbocycles. The molecule has 3 nitrogen and oxygen atoms in total. The lowest BCUT2D eigenvalue weighted by Gasteiger charge is -2.24. The highest BCUT2D eigenvalue weighted by molar-refractivity contribution is 5.76. The minimum absolute atomic E-state index is 0.0300. The molecule has 0 aromatic heterocycles. The molecule has 1 heterocycles. The second-order valence-electron chi connectivity index (χ2n) is 6.48. The first-order chi connectivity index (χ1) is 8.56. The Morgan fingerprint density at radius 2 is 2.00 bits per heavy atom. The van der Waals surface area contributed by atoms with Crippen molar-refractivity contribution in [3.8, 4) is 0 Å². The van der Waals surface area contributed by atoms with Gasteiger partial charge >= 0.3 is 5.97 Å². The van der Waals surface area contributed by atoms with E-state index in [0.717, 1.165) is 12.8 Å². The Kier molecular flexibility index (Phi) is 4.66. The lowest BCUT2D eigenvalue weighted by molar-refractivity contribution is -0.151. The van der Waals surface area contributed by atoms with Gasteiger partial charge in [-0.05, 0) is 44.4 Å². The molecule has 2 aliphatic rings. The second-order valence-corrected chi connectivity index (χ2v) is 6.48. The van der Waals surface area contributed by atoms with Crippen molar-refractivity contribution in [2.45, 2.75) is 77.5 Å². The number of fused-ring (bicyclic) bond motifs is 1. The molecule has 2 fully saturated rings. The Morgan fingerprint density at radius 1 is 1.28 bits per heavy atom. The third kappa shape index (κ3) is 3.47. The van der Waals surface area contributed by atoms with Crippen molar-refractivity contribution >= 4 is 5.97 Å². The average molecular weight is 253 g/mol. The molecular formula is C15H27NO2. The van der Waals surface area contributed by atoms with Crippen LogP contribution < -0.4 is 5.32 Å². The minimum Gasteiger partial charge on any atom is -0.462 e. The Morgan fingerprint density at radius 3 is 2.67 bits per heavy atom. The standard InChI is InChI=1S/C15H27NO2/c1-10(2)8-11(3)18-15(17)14-9-12-6-4-5-7-13(12)16-14/h10-14,16H,4-9H2,1-3H3. The van der Waals surface area contributed by atoms with Gasteiger partial charge in [0.25, 0.3) is 0 Å². The predicted molar refractivity (Wildman–Crippen MR) is 72.3 cm³/mol. The van der Waals surface area contributed by atoms with E-state index in [9.17, 15) is 4.79 Å². The molecule has 0 spiro atoms. The van der Waals surface area contributed by atoms with E-state index in [1.807, 2.05) is 6.92 Å². The van der Waals surface area contributed by atoms with Crippen molar-refractivity contribution in [1.29, 1.82) is 0 Å². The SMILES string of the molecule is CC(C)CC(C)OC(=O)C1CC2CCCCC2N1. The molecule has 4 atom stereocenters. The molecule has 2 rings (SSSR count). The van der Waals surface area contributed by atoms with Gasteiger partial charge in [0.15, 0.2) is 0 Å². The van der Waals surface area contributed by atoms with E-state index in [0.29, 0.717) is 17.9 Å². The molecule has 18 heavy (non-hydrogen) atoms. The van der Waals surface area contributed by atoms with E-state index in [4.69, 9.17) is 4.74 Å². The summed E-state index contributed by atoms with van der Waals surface area (Å²) < 4.78 is 5.55. The number of hydrogen-bond donors (Lipinski definition) is 1. The highest BCUT2D eigenvalue weighted by atomic mass is 16.5. The average Bonchev–Trinajstić information content (AvgIpc) is 2.71. The molecule has 104 valence electrons. The summed E-state index contributed by atoms with van der Waals surface area (Å²) >= 11 is 0. The van der Waals surface area contributed by atoms with Gasteiger partial charge in [-0.25, -0.2) is 0 Å². The van der Waals surface area contributed by atoms with Crippen molar-refractivity contribution in [2.75, 3.05) is 0 Å². The zero-order valence-electron chi connectivity index (χ0n) is 11.9. The summed E-state index contributed by atoms with van der Waals surface area (Å²) in [6, 6.07) is 0.518. The summed E-state index contributed by atoms with van der Waals surface area (Å²) in [6.45, 7) is 6.32. The van der Waals surface area contributed by atoms with Crippen molar-refractivity contribution in [3.63, 3.8) is 0 Å². The van der Waals surface area contributed by atoms with Gasteiger partial charge in [-0.15, -0.1) is 0 Å². The van der Waals surface area contributed by atoms with Crippen LogP contribution in [0.15, 0.2) is 0 Å². The molecule has 1 saturated heterocycles. The van der Waals surface area contributed by atoms with Crippen LogP contribution >= 0.6 is 0 Å². The zero-order chi connectivity index (χ0) is 13.1. The second kappa shape index (κ2) is 6.05. The van der Waals surface area contributed by atoms with E-state index in [-0.39, 0.29) is 18.1 Å². The summed E-state index contributed by atoms with van der Waals surface area (Å²) in [4.78, 5) is 12.1. The number of hydrogen-bond acceptors (Lipinski definition) is 3. The van der Waals surface area contributed by atoms with E-state index in [1.54, 1.807) is 0 Å². The van der Waals surface area contributed by atoms with Gasteiger partial charge in [-0.2, -0.15) is 0 Å². The lowest BCUT2D eigenvalue weighted by atomic mass is 9.85. The Bertz CT molecular complexity index is 276. The maximum atomic E-state index is 12.1. The van der Waals surface area contributed by atoms with Crippen LogP contribution in [0.25, 0.3) is 0 Å². The normalized spacial score (nSPS) is 33.2. The fraction of sp³-hybridized carbons (Fsp3) is 0.933. The summed E-state index contributed by atoms with van der Waals surface area (Å²) in [6.07, 6.45) is 7.12. The van der Waals surface area contributed by atoms with Gasteiger partial charge in [-0.1, -0.05) is 26.7 Å². The molecule has 1 aliphatic carbocycles. The van der Waals surface area contributed by atoms with Crippen LogP contribution in [-0.2, 0) is 9.53 Å². The molecule has 1 N–H and O–H groups in total. The van der Waals surface area contributed by atoms with Crippen LogP contribution in [0, 0.1) is 11.8 Å². The zero-order valence-corrected chi connectivity index (χ0v) is 11.9. The first-order valence-corrected chi connectivity index (χ1v) is 7.52. The van der Waals surface area contributed by atoms with Crippen molar-refractivity contribution in [1.82, 2.24) is 5.32 Å². The van der Waals surface area contributed by atoms with Gasteiger partial charge in [0, 0.05) is 6.04 Å². The molecule has 1 aliphatic heterocycles. The first kappa shape index (κ1) is 13.9. The smallest absolute Gasteiger partial charge is 0.323 e. The van der Waals surface area contributed by atoms with Crippen LogP contribution in [-0.4, -0.2) is 24.2 Å². The number of carbonyl (C=O) groups excluding carboxylic acids is 1. The number of ether oxygens (including phenoxy) is 1. The highest BCUT2D eigenvalue weighted by Crippen LogP contribution is 2.33. The number of carbonyl (C=O) groups is 1. The third-order valence-electron chi connectivity index (χ3n) is 4.27. The topological polar surface area (TPSA) is 38.3 Å². The van der Waals surface area contributed by atoms with Crippen molar-refractivity contribution in [2.24, 2.45) is 11.8 Å². The molecule has 0 radical (unpaired) electrons. The maximum Gasteiger partial charge on any atom is 0.323 e. The highest BCUT2D eigenvalue weighted by Gasteiger charge is 2.39. The molecular weight excluding hydrogens is 226 g/mol. The van der Waals surface area contributed by atoms with Gasteiger partial charge in [0.2, 0.25) is 0 Å². The summed E-state index contributed by atoms with van der Waals surface area (Å²) in [5.41, 5.74) is 0. The monoisotopic (exact) mass is 253 g/mol. The maximum absolute atomic E-state index is 12.1. The fourth-order valence-electron chi connectivity index (χ4n) is 3.50. The quantitative estimate of drug-likeness (QED) is 0.783. The van der Waals surface area contributed by atoms with Crippen LogP contribution in [0.3, 0.4) is 0 Å². The first-order valence-electron chi connectivity index (χ1n) is 7.52.